The molecule has 0 radical (unpaired) electrons. The van der Waals surface area contributed by atoms with Gasteiger partial charge in [-0.1, -0.05) is 13.8 Å². The summed E-state index contributed by atoms with van der Waals surface area (Å²) in [6, 6.07) is 2.01. The van der Waals surface area contributed by atoms with E-state index in [0.717, 1.165) is 42.0 Å². The lowest BCUT2D eigenvalue weighted by molar-refractivity contribution is 0.949. The summed E-state index contributed by atoms with van der Waals surface area (Å²) in [6.45, 7) is 7.27. The van der Waals surface area contributed by atoms with Gasteiger partial charge in [-0.15, -0.1) is 0 Å². The van der Waals surface area contributed by atoms with Crippen molar-refractivity contribution >= 4 is 5.82 Å². The second kappa shape index (κ2) is 6.27. The Balaban J connectivity index is 2.49. The third kappa shape index (κ3) is 2.89. The minimum Gasteiger partial charge on any atom is -0.370 e. The lowest BCUT2D eigenvalue weighted by Gasteiger charge is -2.14. The highest BCUT2D eigenvalue weighted by atomic mass is 15.0. The van der Waals surface area contributed by atoms with Crippen molar-refractivity contribution in [1.29, 1.82) is 0 Å². The Hall–Kier alpha value is -1.97. The molecule has 19 heavy (non-hydrogen) atoms. The molecule has 0 saturated heterocycles. The minimum absolute atomic E-state index is 0.907. The van der Waals surface area contributed by atoms with Crippen LogP contribution in [0.25, 0.3) is 11.3 Å². The maximum Gasteiger partial charge on any atom is 0.133 e. The van der Waals surface area contributed by atoms with Gasteiger partial charge in [0, 0.05) is 30.1 Å². The zero-order valence-electron chi connectivity index (χ0n) is 11.8. The third-order valence-electron chi connectivity index (χ3n) is 3.12. The first-order valence-electron chi connectivity index (χ1n) is 6.76. The third-order valence-corrected chi connectivity index (χ3v) is 3.12. The first-order valence-corrected chi connectivity index (χ1v) is 6.76. The quantitative estimate of drug-likeness (QED) is 0.892. The molecule has 100 valence electrons. The molecule has 2 aromatic rings. The number of hydrogen-bond acceptors (Lipinski definition) is 4. The van der Waals surface area contributed by atoms with Crippen LogP contribution in [0, 0.1) is 6.92 Å². The lowest BCUT2D eigenvalue weighted by atomic mass is 10.0. The van der Waals surface area contributed by atoms with Crippen LogP contribution in [0.2, 0.25) is 0 Å². The van der Waals surface area contributed by atoms with Crippen LogP contribution in [0.3, 0.4) is 0 Å². The first kappa shape index (κ1) is 13.5. The van der Waals surface area contributed by atoms with Crippen molar-refractivity contribution in [2.75, 3.05) is 11.9 Å². The Labute approximate surface area is 114 Å². The van der Waals surface area contributed by atoms with E-state index < -0.39 is 0 Å². The van der Waals surface area contributed by atoms with E-state index in [1.54, 1.807) is 6.33 Å². The predicted molar refractivity (Wildman–Crippen MR) is 78.2 cm³/mol. The Morgan fingerprint density at radius 3 is 2.74 bits per heavy atom. The second-order valence-corrected chi connectivity index (χ2v) is 4.52. The van der Waals surface area contributed by atoms with Crippen molar-refractivity contribution in [2.24, 2.45) is 0 Å². The summed E-state index contributed by atoms with van der Waals surface area (Å²) >= 11 is 0. The summed E-state index contributed by atoms with van der Waals surface area (Å²) in [4.78, 5) is 13.0. The summed E-state index contributed by atoms with van der Waals surface area (Å²) in [6.07, 6.45) is 7.30. The molecule has 2 heterocycles. The van der Waals surface area contributed by atoms with E-state index in [0.29, 0.717) is 0 Å². The number of hydrogen-bond donors (Lipinski definition) is 1. The van der Waals surface area contributed by atoms with E-state index in [1.807, 2.05) is 18.5 Å². The second-order valence-electron chi connectivity index (χ2n) is 4.52. The highest BCUT2D eigenvalue weighted by Gasteiger charge is 2.12. The van der Waals surface area contributed by atoms with E-state index in [4.69, 9.17) is 0 Å². The fraction of sp³-hybridized carbons (Fsp3) is 0.400. The van der Waals surface area contributed by atoms with E-state index in [1.165, 1.54) is 5.56 Å². The van der Waals surface area contributed by atoms with Crippen LogP contribution in [0.1, 0.15) is 31.4 Å². The molecule has 0 fully saturated rings. The summed E-state index contributed by atoms with van der Waals surface area (Å²) in [5.41, 5.74) is 4.45. The van der Waals surface area contributed by atoms with E-state index in [-0.39, 0.29) is 0 Å². The van der Waals surface area contributed by atoms with Crippen LogP contribution in [-0.2, 0) is 6.42 Å². The number of nitrogens with zero attached hydrogens (tertiary/aromatic N) is 3. The molecule has 0 aliphatic rings. The molecule has 0 aliphatic carbocycles. The number of nitrogens with one attached hydrogen (secondary N) is 1. The van der Waals surface area contributed by atoms with Crippen LogP contribution in [0.5, 0.6) is 0 Å². The smallest absolute Gasteiger partial charge is 0.133 e. The van der Waals surface area contributed by atoms with Crippen molar-refractivity contribution in [3.8, 4) is 11.3 Å². The molecule has 0 aliphatic heterocycles. The van der Waals surface area contributed by atoms with E-state index in [2.05, 4.69) is 41.0 Å². The van der Waals surface area contributed by atoms with Gasteiger partial charge in [0.05, 0.1) is 5.69 Å². The van der Waals surface area contributed by atoms with E-state index in [9.17, 15) is 0 Å². The SMILES string of the molecule is CCCNc1ncnc(-c2ccncc2C)c1CC. The van der Waals surface area contributed by atoms with Crippen LogP contribution in [0.4, 0.5) is 5.82 Å². The predicted octanol–water partition coefficient (Wildman–Crippen LogP) is 3.23. The monoisotopic (exact) mass is 256 g/mol. The van der Waals surface area contributed by atoms with Crippen molar-refractivity contribution < 1.29 is 0 Å². The average molecular weight is 256 g/mol. The highest BCUT2D eigenvalue weighted by molar-refractivity contribution is 5.70. The Bertz CT molecular complexity index is 552. The summed E-state index contributed by atoms with van der Waals surface area (Å²) in [7, 11) is 0. The molecule has 0 atom stereocenters. The topological polar surface area (TPSA) is 50.7 Å². The molecule has 0 amide bonds. The van der Waals surface area contributed by atoms with Gasteiger partial charge in [0.1, 0.15) is 12.1 Å². The number of aryl methyl sites for hydroxylation is 1. The molecule has 2 rings (SSSR count). The standard InChI is InChI=1S/C15H20N4/c1-4-7-17-15-12(5-2)14(18-10-19-15)13-6-8-16-9-11(13)3/h6,8-10H,4-5,7H2,1-3H3,(H,17,18,19). The lowest BCUT2D eigenvalue weighted by Crippen LogP contribution is -2.07. The normalized spacial score (nSPS) is 10.5. The van der Waals surface area contributed by atoms with Gasteiger partial charge in [-0.2, -0.15) is 0 Å². The molecule has 0 aromatic carbocycles. The van der Waals surface area contributed by atoms with Gasteiger partial charge < -0.3 is 5.32 Å². The molecule has 1 N–H and O–H groups in total. The fourth-order valence-corrected chi connectivity index (χ4v) is 2.11. The molecule has 2 aromatic heterocycles. The summed E-state index contributed by atoms with van der Waals surface area (Å²) in [5, 5.41) is 3.38. The maximum atomic E-state index is 4.47. The van der Waals surface area contributed by atoms with Crippen molar-refractivity contribution in [2.45, 2.75) is 33.6 Å². The zero-order chi connectivity index (χ0) is 13.7. The molecule has 0 spiro atoms. The largest absolute Gasteiger partial charge is 0.370 e. The van der Waals surface area contributed by atoms with Gasteiger partial charge >= 0.3 is 0 Å². The molecular weight excluding hydrogens is 236 g/mol. The Morgan fingerprint density at radius 2 is 2.05 bits per heavy atom. The number of anilines is 1. The zero-order valence-corrected chi connectivity index (χ0v) is 11.8. The average Bonchev–Trinajstić information content (AvgIpc) is 2.45. The fourth-order valence-electron chi connectivity index (χ4n) is 2.11. The van der Waals surface area contributed by atoms with Crippen LogP contribution >= 0.6 is 0 Å². The van der Waals surface area contributed by atoms with Crippen LogP contribution in [-0.4, -0.2) is 21.5 Å². The van der Waals surface area contributed by atoms with Gasteiger partial charge in [0.15, 0.2) is 0 Å². The van der Waals surface area contributed by atoms with Crippen LogP contribution < -0.4 is 5.32 Å². The Kier molecular flexibility index (Phi) is 4.44. The van der Waals surface area contributed by atoms with Crippen molar-refractivity contribution in [3.63, 3.8) is 0 Å². The minimum atomic E-state index is 0.907. The van der Waals surface area contributed by atoms with Crippen LogP contribution in [0.15, 0.2) is 24.8 Å². The molecule has 4 heteroatoms. The number of aromatic nitrogens is 3. The molecule has 4 nitrogen and oxygen atoms in total. The van der Waals surface area contributed by atoms with E-state index >= 15 is 0 Å². The Morgan fingerprint density at radius 1 is 1.21 bits per heavy atom. The van der Waals surface area contributed by atoms with Gasteiger partial charge in [-0.3, -0.25) is 4.98 Å². The number of pyridine rings is 1. The summed E-state index contributed by atoms with van der Waals surface area (Å²) < 4.78 is 0. The molecule has 0 bridgehead atoms. The van der Waals surface area contributed by atoms with Gasteiger partial charge in [0.25, 0.3) is 0 Å². The van der Waals surface area contributed by atoms with Crippen molar-refractivity contribution in [1.82, 2.24) is 15.0 Å². The number of rotatable bonds is 5. The molecular formula is C15H20N4. The summed E-state index contributed by atoms with van der Waals surface area (Å²) in [5.74, 6) is 0.950. The van der Waals surface area contributed by atoms with Gasteiger partial charge in [-0.25, -0.2) is 9.97 Å². The molecule has 0 saturated carbocycles. The van der Waals surface area contributed by atoms with Crippen molar-refractivity contribution in [3.05, 3.63) is 35.9 Å². The van der Waals surface area contributed by atoms with Gasteiger partial charge in [0.2, 0.25) is 0 Å². The van der Waals surface area contributed by atoms with Gasteiger partial charge in [-0.05, 0) is 31.4 Å². The molecule has 0 unspecified atom stereocenters. The maximum absolute atomic E-state index is 4.47. The highest BCUT2D eigenvalue weighted by Crippen LogP contribution is 2.27. The first-order chi connectivity index (χ1) is 9.27.